The smallest absolute Gasteiger partial charge is 0.337 e. The van der Waals surface area contributed by atoms with Crippen LogP contribution in [0.5, 0.6) is 0 Å². The van der Waals surface area contributed by atoms with Crippen molar-refractivity contribution in [1.82, 2.24) is 0 Å². The molecule has 0 saturated heterocycles. The number of carbonyl (C=O) groups is 2. The first-order valence-electron chi connectivity index (χ1n) is 5.29. The van der Waals surface area contributed by atoms with E-state index in [0.717, 1.165) is 6.42 Å². The SMILES string of the molecule is CCCCOC(=O)[C@@H](O)[C@H](O)[C@H](O)[C@@H](O)C=O. The number of aldehydes is 1. The van der Waals surface area contributed by atoms with E-state index < -0.39 is 30.4 Å². The number of hydrogen-bond donors (Lipinski definition) is 4. The summed E-state index contributed by atoms with van der Waals surface area (Å²) in [5, 5.41) is 36.7. The van der Waals surface area contributed by atoms with Crippen molar-refractivity contribution in [3.63, 3.8) is 0 Å². The Kier molecular flexibility index (Phi) is 7.64. The van der Waals surface area contributed by atoms with E-state index in [1.807, 2.05) is 6.92 Å². The molecule has 4 atom stereocenters. The van der Waals surface area contributed by atoms with Crippen molar-refractivity contribution in [3.8, 4) is 0 Å². The zero-order valence-corrected chi connectivity index (χ0v) is 9.52. The number of esters is 1. The third-order valence-corrected chi connectivity index (χ3v) is 2.15. The average Bonchev–Trinajstić information content (AvgIpc) is 2.35. The first kappa shape index (κ1) is 16.0. The normalized spacial score (nSPS) is 17.9. The number of unbranched alkanes of at least 4 members (excludes halogenated alkanes) is 1. The van der Waals surface area contributed by atoms with Gasteiger partial charge in [0.25, 0.3) is 0 Å². The summed E-state index contributed by atoms with van der Waals surface area (Å²) < 4.78 is 4.60. The van der Waals surface area contributed by atoms with Gasteiger partial charge in [-0.3, -0.25) is 0 Å². The fourth-order valence-electron chi connectivity index (χ4n) is 1.01. The number of aliphatic hydroxyl groups excluding tert-OH is 4. The molecule has 0 radical (unpaired) electrons. The van der Waals surface area contributed by atoms with E-state index in [1.54, 1.807) is 0 Å². The lowest BCUT2D eigenvalue weighted by molar-refractivity contribution is -0.169. The number of ether oxygens (including phenoxy) is 1. The van der Waals surface area contributed by atoms with Gasteiger partial charge in [-0.2, -0.15) is 0 Å². The van der Waals surface area contributed by atoms with Crippen LogP contribution >= 0.6 is 0 Å². The van der Waals surface area contributed by atoms with Crippen LogP contribution in [0.15, 0.2) is 0 Å². The molecule has 0 aromatic rings. The maximum absolute atomic E-state index is 11.2. The van der Waals surface area contributed by atoms with E-state index in [1.165, 1.54) is 0 Å². The van der Waals surface area contributed by atoms with Crippen LogP contribution in [-0.4, -0.2) is 63.7 Å². The molecule has 0 unspecified atom stereocenters. The molecule has 0 aromatic heterocycles. The first-order valence-corrected chi connectivity index (χ1v) is 5.29. The van der Waals surface area contributed by atoms with Gasteiger partial charge >= 0.3 is 5.97 Å². The predicted molar refractivity (Wildman–Crippen MR) is 56.0 cm³/mol. The Labute approximate surface area is 98.6 Å². The lowest BCUT2D eigenvalue weighted by Gasteiger charge is -2.22. The highest BCUT2D eigenvalue weighted by Crippen LogP contribution is 2.06. The molecule has 0 aliphatic rings. The minimum absolute atomic E-state index is 0.0109. The Hall–Kier alpha value is -1.02. The van der Waals surface area contributed by atoms with Gasteiger partial charge in [0.05, 0.1) is 6.61 Å². The summed E-state index contributed by atoms with van der Waals surface area (Å²) >= 11 is 0. The summed E-state index contributed by atoms with van der Waals surface area (Å²) in [4.78, 5) is 21.3. The fourth-order valence-corrected chi connectivity index (χ4v) is 1.01. The average molecular weight is 250 g/mol. The Bertz CT molecular complexity index is 243. The third kappa shape index (κ3) is 5.22. The Morgan fingerprint density at radius 2 is 1.82 bits per heavy atom. The molecule has 0 bridgehead atoms. The van der Waals surface area contributed by atoms with Gasteiger partial charge in [0.15, 0.2) is 12.4 Å². The number of carbonyl (C=O) groups excluding carboxylic acids is 2. The molecule has 0 heterocycles. The molecule has 0 fully saturated rings. The van der Waals surface area contributed by atoms with Gasteiger partial charge in [-0.05, 0) is 6.42 Å². The second kappa shape index (κ2) is 8.13. The van der Waals surface area contributed by atoms with Crippen LogP contribution < -0.4 is 0 Å². The molecular formula is C10H18O7. The molecule has 0 aliphatic carbocycles. The Balaban J connectivity index is 4.23. The minimum Gasteiger partial charge on any atom is -0.464 e. The highest BCUT2D eigenvalue weighted by molar-refractivity contribution is 5.75. The molecule has 7 heteroatoms. The molecule has 0 saturated carbocycles. The third-order valence-electron chi connectivity index (χ3n) is 2.15. The van der Waals surface area contributed by atoms with Gasteiger partial charge in [-0.25, -0.2) is 4.79 Å². The van der Waals surface area contributed by atoms with Crippen molar-refractivity contribution in [2.45, 2.75) is 44.2 Å². The van der Waals surface area contributed by atoms with Crippen LogP contribution in [0.4, 0.5) is 0 Å². The first-order chi connectivity index (χ1) is 7.95. The van der Waals surface area contributed by atoms with Gasteiger partial charge in [-0.1, -0.05) is 13.3 Å². The van der Waals surface area contributed by atoms with E-state index in [4.69, 9.17) is 5.11 Å². The van der Waals surface area contributed by atoms with E-state index in [2.05, 4.69) is 4.74 Å². The van der Waals surface area contributed by atoms with Crippen molar-refractivity contribution in [1.29, 1.82) is 0 Å². The van der Waals surface area contributed by atoms with Crippen LogP contribution in [0.25, 0.3) is 0 Å². The second-order valence-electron chi connectivity index (χ2n) is 3.57. The second-order valence-corrected chi connectivity index (χ2v) is 3.57. The minimum atomic E-state index is -2.00. The summed E-state index contributed by atoms with van der Waals surface area (Å²) in [5.74, 6) is -1.11. The van der Waals surface area contributed by atoms with E-state index in [-0.39, 0.29) is 12.9 Å². The standard InChI is InChI=1S/C10H18O7/c1-2-3-4-17-10(16)9(15)8(14)7(13)6(12)5-11/h5-9,12-15H,2-4H2,1H3/t6-,7+,8+,9-/m0/s1. The number of hydrogen-bond acceptors (Lipinski definition) is 7. The van der Waals surface area contributed by atoms with E-state index in [9.17, 15) is 24.9 Å². The molecule has 17 heavy (non-hydrogen) atoms. The number of aliphatic hydroxyl groups is 4. The van der Waals surface area contributed by atoms with Crippen LogP contribution in [0.2, 0.25) is 0 Å². The Morgan fingerprint density at radius 1 is 1.24 bits per heavy atom. The molecule has 0 aliphatic heterocycles. The molecule has 7 nitrogen and oxygen atoms in total. The van der Waals surface area contributed by atoms with Gasteiger partial charge in [0.2, 0.25) is 0 Å². The molecular weight excluding hydrogens is 232 g/mol. The van der Waals surface area contributed by atoms with E-state index >= 15 is 0 Å². The van der Waals surface area contributed by atoms with Crippen molar-refractivity contribution in [3.05, 3.63) is 0 Å². The zero-order valence-electron chi connectivity index (χ0n) is 9.52. The summed E-state index contributed by atoms with van der Waals surface area (Å²) in [6.07, 6.45) is -6.42. The van der Waals surface area contributed by atoms with Crippen LogP contribution in [0.3, 0.4) is 0 Å². The topological polar surface area (TPSA) is 124 Å². The van der Waals surface area contributed by atoms with Gasteiger partial charge in [-0.15, -0.1) is 0 Å². The summed E-state index contributed by atoms with van der Waals surface area (Å²) in [6, 6.07) is 0. The number of rotatable bonds is 8. The van der Waals surface area contributed by atoms with Crippen molar-refractivity contribution < 1.29 is 34.8 Å². The van der Waals surface area contributed by atoms with Crippen LogP contribution in [0.1, 0.15) is 19.8 Å². The maximum Gasteiger partial charge on any atom is 0.337 e. The molecule has 4 N–H and O–H groups in total. The van der Waals surface area contributed by atoms with Crippen molar-refractivity contribution in [2.75, 3.05) is 6.61 Å². The molecule has 0 spiro atoms. The molecule has 100 valence electrons. The highest BCUT2D eigenvalue weighted by Gasteiger charge is 2.35. The summed E-state index contributed by atoms with van der Waals surface area (Å²) in [6.45, 7) is 1.97. The highest BCUT2D eigenvalue weighted by atomic mass is 16.5. The van der Waals surface area contributed by atoms with Crippen molar-refractivity contribution >= 4 is 12.3 Å². The quantitative estimate of drug-likeness (QED) is 0.222. The molecule has 0 rings (SSSR count). The molecule has 0 amide bonds. The summed E-state index contributed by atoms with van der Waals surface area (Å²) in [5.41, 5.74) is 0. The van der Waals surface area contributed by atoms with Gasteiger partial charge < -0.3 is 30.0 Å². The monoisotopic (exact) mass is 250 g/mol. The molecule has 0 aromatic carbocycles. The van der Waals surface area contributed by atoms with Crippen LogP contribution in [0, 0.1) is 0 Å². The van der Waals surface area contributed by atoms with Crippen LogP contribution in [-0.2, 0) is 14.3 Å². The van der Waals surface area contributed by atoms with Gasteiger partial charge in [0, 0.05) is 0 Å². The van der Waals surface area contributed by atoms with Crippen molar-refractivity contribution in [2.24, 2.45) is 0 Å². The summed E-state index contributed by atoms with van der Waals surface area (Å²) in [7, 11) is 0. The maximum atomic E-state index is 11.2. The van der Waals surface area contributed by atoms with Gasteiger partial charge in [0.1, 0.15) is 18.3 Å². The zero-order chi connectivity index (χ0) is 13.4. The fraction of sp³-hybridized carbons (Fsp3) is 0.800. The Morgan fingerprint density at radius 3 is 2.29 bits per heavy atom. The largest absolute Gasteiger partial charge is 0.464 e. The lowest BCUT2D eigenvalue weighted by atomic mass is 10.0. The van der Waals surface area contributed by atoms with E-state index in [0.29, 0.717) is 6.42 Å². The lowest BCUT2D eigenvalue weighted by Crippen LogP contribution is -2.48. The predicted octanol–water partition coefficient (Wildman–Crippen LogP) is -2.03.